The second-order valence-corrected chi connectivity index (χ2v) is 16.7. The zero-order valence-corrected chi connectivity index (χ0v) is 32.9. The summed E-state index contributed by atoms with van der Waals surface area (Å²) < 4.78 is 31.7. The molecule has 0 radical (unpaired) electrons. The van der Waals surface area contributed by atoms with Gasteiger partial charge in [-0.25, -0.2) is 0 Å². The molecule has 0 bridgehead atoms. The minimum absolute atomic E-state index is 0.120. The Labute approximate surface area is 300 Å². The lowest BCUT2D eigenvalue weighted by atomic mass is 9.77. The summed E-state index contributed by atoms with van der Waals surface area (Å²) in [5.74, 6) is -2.57. The molecule has 3 heterocycles. The number of likely N-dealkylation sites (N-methyl/N-ethyl adjacent to an activating group) is 2. The Morgan fingerprint density at radius 1 is 0.940 bits per heavy atom. The Bertz CT molecular complexity index is 1070. The zero-order valence-electron chi connectivity index (χ0n) is 32.9. The molecule has 0 amide bonds. The van der Waals surface area contributed by atoms with Crippen molar-refractivity contribution in [1.82, 2.24) is 9.80 Å². The van der Waals surface area contributed by atoms with Crippen LogP contribution in [0.2, 0.25) is 0 Å². The smallest absolute Gasteiger partial charge is 0.311 e. The maximum atomic E-state index is 14.1. The number of hydrogen-bond acceptors (Lipinski definition) is 13. The highest BCUT2D eigenvalue weighted by molar-refractivity contribution is 5.73. The van der Waals surface area contributed by atoms with Crippen molar-refractivity contribution in [1.29, 1.82) is 0 Å². The Morgan fingerprint density at radius 3 is 2.12 bits per heavy atom. The van der Waals surface area contributed by atoms with Gasteiger partial charge in [0, 0.05) is 31.0 Å². The van der Waals surface area contributed by atoms with Crippen LogP contribution in [0.15, 0.2) is 0 Å². The Balaban J connectivity index is 2.14. The first-order valence-electron chi connectivity index (χ1n) is 18.7. The van der Waals surface area contributed by atoms with E-state index in [0.717, 1.165) is 0 Å². The van der Waals surface area contributed by atoms with Crippen LogP contribution in [0, 0.1) is 23.7 Å². The molecule has 0 aromatic heterocycles. The molecule has 3 saturated heterocycles. The van der Waals surface area contributed by atoms with Gasteiger partial charge in [0.05, 0.1) is 42.0 Å². The summed E-state index contributed by atoms with van der Waals surface area (Å²) in [5.41, 5.74) is -3.30. The summed E-state index contributed by atoms with van der Waals surface area (Å²) >= 11 is 0. The fourth-order valence-electron chi connectivity index (χ4n) is 8.51. The van der Waals surface area contributed by atoms with Crippen LogP contribution >= 0.6 is 0 Å². The zero-order chi connectivity index (χ0) is 38.0. The lowest BCUT2D eigenvalue weighted by Gasteiger charge is -2.48. The molecule has 0 aromatic carbocycles. The first-order valence-corrected chi connectivity index (χ1v) is 18.7. The highest BCUT2D eigenvalue weighted by Crippen LogP contribution is 2.39. The highest BCUT2D eigenvalue weighted by atomic mass is 16.7. The molecular weight excluding hydrogens is 648 g/mol. The molecule has 0 aromatic rings. The molecule has 0 spiro atoms. The highest BCUT2D eigenvalue weighted by Gasteiger charge is 2.51. The molecule has 3 fully saturated rings. The number of esters is 1. The molecule has 18 atom stereocenters. The van der Waals surface area contributed by atoms with E-state index in [4.69, 9.17) is 23.7 Å². The molecule has 5 N–H and O–H groups in total. The van der Waals surface area contributed by atoms with Crippen LogP contribution < -0.4 is 0 Å². The van der Waals surface area contributed by atoms with Crippen LogP contribution in [0.25, 0.3) is 0 Å². The maximum Gasteiger partial charge on any atom is 0.311 e. The number of aliphatic hydroxyl groups excluding tert-OH is 3. The van der Waals surface area contributed by atoms with Crippen molar-refractivity contribution in [2.24, 2.45) is 23.7 Å². The number of carbonyl (C=O) groups excluding carboxylic acids is 1. The van der Waals surface area contributed by atoms with Gasteiger partial charge in [-0.15, -0.1) is 0 Å². The van der Waals surface area contributed by atoms with Crippen molar-refractivity contribution in [3.8, 4) is 0 Å². The number of rotatable bonds is 6. The number of cyclic esters (lactones) is 1. The van der Waals surface area contributed by atoms with E-state index in [1.54, 1.807) is 27.7 Å². The van der Waals surface area contributed by atoms with Crippen LogP contribution in [-0.4, -0.2) is 154 Å². The van der Waals surface area contributed by atoms with Crippen molar-refractivity contribution in [2.45, 2.75) is 180 Å². The van der Waals surface area contributed by atoms with E-state index >= 15 is 0 Å². The monoisotopic (exact) mass is 718 g/mol. The maximum absolute atomic E-state index is 14.1. The van der Waals surface area contributed by atoms with Gasteiger partial charge >= 0.3 is 5.97 Å². The second-order valence-electron chi connectivity index (χ2n) is 16.7. The standard InChI is InChI=1S/C37H70N2O11/c1-14-27-37(10,45)32(42)24(7)39(13)18-19(2)17-36(9,44)33(50-35-30(41)26(38(11)12)16-21(4)46-35)22(5)31(23(6)34(43)48-27)49-28-15-20(3)29(40)25(8)47-28/h19-33,35,40-42,44-45H,14-18H2,1-13H3/t19-,20-,21+,22-,23+,24+,25-,26-,27+,28-,29+,30+,31-,32+,33+,35-,36+,37+/m0/s1. The molecular formula is C37H70N2O11. The van der Waals surface area contributed by atoms with Crippen molar-refractivity contribution in [2.75, 3.05) is 27.7 Å². The molecule has 0 aliphatic carbocycles. The molecule has 0 saturated carbocycles. The second kappa shape index (κ2) is 17.4. The number of aliphatic hydroxyl groups is 5. The van der Waals surface area contributed by atoms with E-state index in [9.17, 15) is 30.3 Å². The lowest BCUT2D eigenvalue weighted by Crippen LogP contribution is -2.59. The number of nitrogens with zero attached hydrogens (tertiary/aromatic N) is 2. The van der Waals surface area contributed by atoms with Gasteiger partial charge in [-0.3, -0.25) is 4.79 Å². The van der Waals surface area contributed by atoms with Crippen LogP contribution in [-0.2, 0) is 28.5 Å². The van der Waals surface area contributed by atoms with Crippen LogP contribution in [0.4, 0.5) is 0 Å². The van der Waals surface area contributed by atoms with Gasteiger partial charge < -0.3 is 59.0 Å². The third-order valence-electron chi connectivity index (χ3n) is 11.7. The SMILES string of the molecule is CC[C@H]1OC(=O)[C@H](C)[C@@H](O[C@H]2C[C@H](C)[C@@H](O)[C@H](C)O2)[C@H](C)[C@@H](O[C@@H]2O[C@H](C)C[C@H](N(C)C)[C@H]2O)[C@](C)(O)C[C@H](C)CN(C)[C@H](C)[C@@H](O)[C@]1(C)O. The summed E-state index contributed by atoms with van der Waals surface area (Å²) in [6.07, 6.45) is -7.11. The third kappa shape index (κ3) is 9.96. The van der Waals surface area contributed by atoms with Crippen molar-refractivity contribution >= 4 is 5.97 Å². The molecule has 3 aliphatic rings. The van der Waals surface area contributed by atoms with E-state index in [-0.39, 0.29) is 36.8 Å². The Hall–Kier alpha value is -0.970. The Morgan fingerprint density at radius 2 is 1.56 bits per heavy atom. The third-order valence-corrected chi connectivity index (χ3v) is 11.7. The molecule has 13 heteroatoms. The minimum Gasteiger partial charge on any atom is -0.459 e. The van der Waals surface area contributed by atoms with E-state index in [1.807, 2.05) is 65.6 Å². The van der Waals surface area contributed by atoms with Crippen LogP contribution in [0.5, 0.6) is 0 Å². The summed E-state index contributed by atoms with van der Waals surface area (Å²) in [6.45, 7) is 18.4. The summed E-state index contributed by atoms with van der Waals surface area (Å²) in [5, 5.41) is 57.6. The predicted molar refractivity (Wildman–Crippen MR) is 188 cm³/mol. The molecule has 3 rings (SSSR count). The van der Waals surface area contributed by atoms with Gasteiger partial charge in [0.15, 0.2) is 12.6 Å². The summed E-state index contributed by atoms with van der Waals surface area (Å²) in [6, 6.07) is -0.774. The first-order chi connectivity index (χ1) is 23.0. The molecule has 50 heavy (non-hydrogen) atoms. The van der Waals surface area contributed by atoms with E-state index in [0.29, 0.717) is 19.4 Å². The summed E-state index contributed by atoms with van der Waals surface area (Å²) in [4.78, 5) is 18.0. The number of hydrogen-bond donors (Lipinski definition) is 5. The fourth-order valence-corrected chi connectivity index (χ4v) is 8.51. The lowest BCUT2D eigenvalue weighted by molar-refractivity contribution is -0.309. The average Bonchev–Trinajstić information content (AvgIpc) is 3.02. The quantitative estimate of drug-likeness (QED) is 0.254. The molecule has 13 nitrogen and oxygen atoms in total. The number of carbonyl (C=O) groups is 1. The Kier molecular flexibility index (Phi) is 15.2. The molecule has 294 valence electrons. The minimum atomic E-state index is -1.78. The molecule has 3 aliphatic heterocycles. The van der Waals surface area contributed by atoms with Gasteiger partial charge in [-0.1, -0.05) is 27.7 Å². The number of ether oxygens (including phenoxy) is 5. The molecule has 0 unspecified atom stereocenters. The van der Waals surface area contributed by atoms with E-state index in [1.165, 1.54) is 6.92 Å². The van der Waals surface area contributed by atoms with E-state index in [2.05, 4.69) is 0 Å². The van der Waals surface area contributed by atoms with Gasteiger partial charge in [0.25, 0.3) is 0 Å². The van der Waals surface area contributed by atoms with Crippen LogP contribution in [0.1, 0.15) is 94.9 Å². The van der Waals surface area contributed by atoms with Crippen LogP contribution in [0.3, 0.4) is 0 Å². The topological polar surface area (TPSA) is 171 Å². The van der Waals surface area contributed by atoms with Gasteiger partial charge in [-0.2, -0.15) is 0 Å². The predicted octanol–water partition coefficient (Wildman–Crippen LogP) is 2.13. The van der Waals surface area contributed by atoms with Crippen molar-refractivity contribution in [3.05, 3.63) is 0 Å². The average molecular weight is 719 g/mol. The largest absolute Gasteiger partial charge is 0.459 e. The normalized spacial score (nSPS) is 49.6. The van der Waals surface area contributed by atoms with Gasteiger partial charge in [0.1, 0.15) is 23.9 Å². The fraction of sp³-hybridized carbons (Fsp3) is 0.973. The van der Waals surface area contributed by atoms with Gasteiger partial charge in [-0.05, 0) is 93.8 Å². The van der Waals surface area contributed by atoms with Crippen molar-refractivity contribution < 1.29 is 54.0 Å². The summed E-state index contributed by atoms with van der Waals surface area (Å²) in [7, 11) is 5.63. The first kappa shape index (κ1) is 43.4. The van der Waals surface area contributed by atoms with E-state index < -0.39 is 90.4 Å². The van der Waals surface area contributed by atoms with Gasteiger partial charge in [0.2, 0.25) is 0 Å². The van der Waals surface area contributed by atoms with Crippen molar-refractivity contribution in [3.63, 3.8) is 0 Å².